The van der Waals surface area contributed by atoms with Crippen LogP contribution in [0.3, 0.4) is 0 Å². The fraction of sp³-hybridized carbons (Fsp3) is 0.333. The molecule has 0 aliphatic carbocycles. The molecule has 0 aromatic heterocycles. The Kier molecular flexibility index (Phi) is 4.15. The monoisotopic (exact) mass is 300 g/mol. The summed E-state index contributed by atoms with van der Waals surface area (Å²) in [5, 5.41) is 0. The summed E-state index contributed by atoms with van der Waals surface area (Å²) in [5.41, 5.74) is 4.14. The highest BCUT2D eigenvalue weighted by molar-refractivity contribution is 9.10. The Balaban J connectivity index is 2.34. The number of benzene rings is 1. The Morgan fingerprint density at radius 2 is 2.29 bits per heavy atom. The second kappa shape index (κ2) is 5.62. The molecule has 2 rings (SSSR count). The Bertz CT molecular complexity index is 437. The van der Waals surface area contributed by atoms with Crippen molar-refractivity contribution in [1.82, 2.24) is 5.43 Å². The van der Waals surface area contributed by atoms with Crippen LogP contribution in [0, 0.1) is 5.82 Å². The van der Waals surface area contributed by atoms with E-state index >= 15 is 0 Å². The third kappa shape index (κ3) is 2.86. The van der Waals surface area contributed by atoms with Gasteiger partial charge in [-0.25, -0.2) is 9.82 Å². The van der Waals surface area contributed by atoms with Gasteiger partial charge >= 0.3 is 0 Å². The molecule has 5 heteroatoms. The predicted octanol–water partition coefficient (Wildman–Crippen LogP) is 2.79. The van der Waals surface area contributed by atoms with Crippen molar-refractivity contribution in [1.29, 1.82) is 0 Å². The average molecular weight is 301 g/mol. The molecule has 1 aromatic carbocycles. The first-order valence-corrected chi connectivity index (χ1v) is 6.23. The summed E-state index contributed by atoms with van der Waals surface area (Å²) in [6.45, 7) is 0.710. The van der Waals surface area contributed by atoms with Gasteiger partial charge in [-0.3, -0.25) is 5.84 Å². The first-order valence-electron chi connectivity index (χ1n) is 5.44. The summed E-state index contributed by atoms with van der Waals surface area (Å²) in [6, 6.07) is 4.48. The molecule has 0 saturated heterocycles. The highest BCUT2D eigenvalue weighted by Gasteiger charge is 2.21. The van der Waals surface area contributed by atoms with Crippen LogP contribution in [0.2, 0.25) is 0 Å². The topological polar surface area (TPSA) is 47.3 Å². The summed E-state index contributed by atoms with van der Waals surface area (Å²) in [7, 11) is 0. The number of nitrogens with one attached hydrogen (secondary N) is 1. The molecule has 17 heavy (non-hydrogen) atoms. The molecule has 0 bridgehead atoms. The summed E-state index contributed by atoms with van der Waals surface area (Å²) in [5.74, 6) is 5.25. The number of nitrogens with two attached hydrogens (primary N) is 1. The predicted molar refractivity (Wildman–Crippen MR) is 67.4 cm³/mol. The molecule has 1 atom stereocenters. The molecule has 0 spiro atoms. The van der Waals surface area contributed by atoms with Crippen LogP contribution >= 0.6 is 15.9 Å². The second-order valence-electron chi connectivity index (χ2n) is 3.93. The lowest BCUT2D eigenvalue weighted by Gasteiger charge is -2.23. The molecular formula is C12H14BrFN2O. The number of halogens is 2. The SMILES string of the molecule is NNC(C1=COCCC1)c1cc(Br)ccc1F. The Hall–Kier alpha value is -0.910. The van der Waals surface area contributed by atoms with Crippen LogP contribution in [0.25, 0.3) is 0 Å². The highest BCUT2D eigenvalue weighted by atomic mass is 79.9. The lowest BCUT2D eigenvalue weighted by molar-refractivity contribution is 0.219. The van der Waals surface area contributed by atoms with Crippen molar-refractivity contribution in [3.05, 3.63) is 45.9 Å². The molecule has 1 aromatic rings. The standard InChI is InChI=1S/C12H14BrFN2O/c13-9-3-4-11(14)10(6-9)12(16-15)8-2-1-5-17-7-8/h3-4,6-7,12,16H,1-2,5,15H2. The van der Waals surface area contributed by atoms with Gasteiger partial charge < -0.3 is 4.74 Å². The van der Waals surface area contributed by atoms with Crippen molar-refractivity contribution in [3.8, 4) is 0 Å². The lowest BCUT2D eigenvalue weighted by Crippen LogP contribution is -2.31. The summed E-state index contributed by atoms with van der Waals surface area (Å²) < 4.78 is 19.9. The molecule has 1 aliphatic rings. The summed E-state index contributed by atoms with van der Waals surface area (Å²) in [4.78, 5) is 0. The van der Waals surface area contributed by atoms with E-state index in [0.29, 0.717) is 12.2 Å². The van der Waals surface area contributed by atoms with E-state index in [4.69, 9.17) is 10.6 Å². The number of hydrogen-bond donors (Lipinski definition) is 2. The molecule has 0 fully saturated rings. The van der Waals surface area contributed by atoms with Crippen LogP contribution in [0.5, 0.6) is 0 Å². The van der Waals surface area contributed by atoms with Gasteiger partial charge in [0.25, 0.3) is 0 Å². The van der Waals surface area contributed by atoms with E-state index in [2.05, 4.69) is 21.4 Å². The summed E-state index contributed by atoms with van der Waals surface area (Å²) in [6.07, 6.45) is 3.47. The number of hydrogen-bond acceptors (Lipinski definition) is 3. The number of rotatable bonds is 3. The molecule has 3 N–H and O–H groups in total. The van der Waals surface area contributed by atoms with Crippen LogP contribution < -0.4 is 11.3 Å². The van der Waals surface area contributed by atoms with Gasteiger partial charge in [-0.15, -0.1) is 0 Å². The third-order valence-electron chi connectivity index (χ3n) is 2.77. The maximum atomic E-state index is 13.8. The molecule has 92 valence electrons. The van der Waals surface area contributed by atoms with E-state index in [1.165, 1.54) is 6.07 Å². The second-order valence-corrected chi connectivity index (χ2v) is 4.85. The van der Waals surface area contributed by atoms with E-state index in [-0.39, 0.29) is 11.9 Å². The van der Waals surface area contributed by atoms with E-state index in [9.17, 15) is 4.39 Å². The van der Waals surface area contributed by atoms with Crippen molar-refractivity contribution in [2.45, 2.75) is 18.9 Å². The minimum atomic E-state index is -0.340. The van der Waals surface area contributed by atoms with Gasteiger partial charge in [-0.1, -0.05) is 15.9 Å². The minimum absolute atomic E-state index is 0.275. The highest BCUT2D eigenvalue weighted by Crippen LogP contribution is 2.30. The van der Waals surface area contributed by atoms with E-state index in [0.717, 1.165) is 22.9 Å². The fourth-order valence-electron chi connectivity index (χ4n) is 1.93. The molecule has 1 heterocycles. The average Bonchev–Trinajstić information content (AvgIpc) is 2.36. The Morgan fingerprint density at radius 1 is 1.47 bits per heavy atom. The molecule has 1 aliphatic heterocycles. The minimum Gasteiger partial charge on any atom is -0.501 e. The van der Waals surface area contributed by atoms with Crippen LogP contribution in [0.15, 0.2) is 34.5 Å². The molecule has 3 nitrogen and oxygen atoms in total. The van der Waals surface area contributed by atoms with Crippen LogP contribution in [-0.4, -0.2) is 6.61 Å². The molecule has 0 saturated carbocycles. The number of hydrazine groups is 1. The van der Waals surface area contributed by atoms with Gasteiger partial charge in [-0.2, -0.15) is 0 Å². The van der Waals surface area contributed by atoms with Gasteiger partial charge in [0, 0.05) is 10.0 Å². The van der Waals surface area contributed by atoms with Gasteiger partial charge in [-0.05, 0) is 36.6 Å². The van der Waals surface area contributed by atoms with Gasteiger partial charge in [0.15, 0.2) is 0 Å². The van der Waals surface area contributed by atoms with Crippen LogP contribution in [-0.2, 0) is 4.74 Å². The van der Waals surface area contributed by atoms with Crippen LogP contribution in [0.4, 0.5) is 4.39 Å². The van der Waals surface area contributed by atoms with Gasteiger partial charge in [0.2, 0.25) is 0 Å². The van der Waals surface area contributed by atoms with E-state index in [1.807, 2.05) is 0 Å². The lowest BCUT2D eigenvalue weighted by atomic mass is 9.95. The largest absolute Gasteiger partial charge is 0.501 e. The fourth-order valence-corrected chi connectivity index (χ4v) is 2.31. The van der Waals surface area contributed by atoms with E-state index < -0.39 is 0 Å². The number of ether oxygens (including phenoxy) is 1. The first kappa shape index (κ1) is 12.5. The Labute approximate surface area is 108 Å². The van der Waals surface area contributed by atoms with E-state index in [1.54, 1.807) is 18.4 Å². The molecule has 1 unspecified atom stereocenters. The maximum Gasteiger partial charge on any atom is 0.128 e. The quantitative estimate of drug-likeness (QED) is 0.666. The Morgan fingerprint density at radius 3 is 2.94 bits per heavy atom. The van der Waals surface area contributed by atoms with Crippen LogP contribution in [0.1, 0.15) is 24.4 Å². The zero-order chi connectivity index (χ0) is 12.3. The molecular weight excluding hydrogens is 287 g/mol. The zero-order valence-electron chi connectivity index (χ0n) is 9.25. The molecule has 0 radical (unpaired) electrons. The van der Waals surface area contributed by atoms with Crippen molar-refractivity contribution >= 4 is 15.9 Å². The van der Waals surface area contributed by atoms with Crippen molar-refractivity contribution < 1.29 is 9.13 Å². The molecule has 0 amide bonds. The van der Waals surface area contributed by atoms with Gasteiger partial charge in [0.1, 0.15) is 5.82 Å². The van der Waals surface area contributed by atoms with Crippen molar-refractivity contribution in [3.63, 3.8) is 0 Å². The van der Waals surface area contributed by atoms with Gasteiger partial charge in [0.05, 0.1) is 18.9 Å². The normalized spacial score (nSPS) is 17.2. The van der Waals surface area contributed by atoms with Crippen molar-refractivity contribution in [2.75, 3.05) is 6.61 Å². The summed E-state index contributed by atoms with van der Waals surface area (Å²) >= 11 is 3.33. The first-order chi connectivity index (χ1) is 8.22. The zero-order valence-corrected chi connectivity index (χ0v) is 10.8. The maximum absolute atomic E-state index is 13.8. The van der Waals surface area contributed by atoms with Crippen molar-refractivity contribution in [2.24, 2.45) is 5.84 Å². The third-order valence-corrected chi connectivity index (χ3v) is 3.26. The smallest absolute Gasteiger partial charge is 0.128 e.